The highest BCUT2D eigenvalue weighted by atomic mass is 32.2. The van der Waals surface area contributed by atoms with Crippen molar-refractivity contribution in [2.75, 3.05) is 18.6 Å². The normalized spacial score (nSPS) is 13.2. The first-order valence-electron chi connectivity index (χ1n) is 5.72. The van der Waals surface area contributed by atoms with Crippen molar-refractivity contribution in [3.8, 4) is 0 Å². The first kappa shape index (κ1) is 18.3. The van der Waals surface area contributed by atoms with E-state index in [0.717, 1.165) is 19.1 Å². The smallest absolute Gasteiger partial charge is 0.347 e. The lowest BCUT2D eigenvalue weighted by Gasteiger charge is -2.03. The Labute approximate surface area is 116 Å². The molecule has 0 bridgehead atoms. The number of unbranched alkanes of at least 4 members (excludes halogenated alkanes) is 3. The number of nitrogens with one attached hydrogen (secondary N) is 1. The van der Waals surface area contributed by atoms with Crippen LogP contribution in [0.5, 0.6) is 0 Å². The molecule has 0 heterocycles. The maximum Gasteiger partial charge on any atom is 0.347 e. The fourth-order valence-corrected chi connectivity index (χ4v) is 2.50. The highest BCUT2D eigenvalue weighted by Crippen LogP contribution is 2.12. The number of carboxylic acid groups (broad SMARTS) is 1. The third-order valence-electron chi connectivity index (χ3n) is 2.10. The summed E-state index contributed by atoms with van der Waals surface area (Å²) in [6.07, 6.45) is 1.54. The van der Waals surface area contributed by atoms with E-state index in [4.69, 9.17) is 5.11 Å². The van der Waals surface area contributed by atoms with E-state index in [0.29, 0.717) is 36.9 Å². The van der Waals surface area contributed by atoms with Crippen LogP contribution in [0.2, 0.25) is 0 Å². The molecular weight excluding hydrogens is 297 g/mol. The van der Waals surface area contributed by atoms with Gasteiger partial charge in [0.1, 0.15) is 0 Å². The molecule has 0 fully saturated rings. The Hall–Kier alpha value is -0.670. The van der Waals surface area contributed by atoms with E-state index in [-0.39, 0.29) is 0 Å². The Bertz CT molecular complexity index is 399. The predicted molar refractivity (Wildman–Crippen MR) is 71.3 cm³/mol. The van der Waals surface area contributed by atoms with Gasteiger partial charge in [0.2, 0.25) is 15.1 Å². The Balaban J connectivity index is 3.46. The monoisotopic (exact) mass is 315 g/mol. The van der Waals surface area contributed by atoms with E-state index in [1.807, 2.05) is 0 Å². The van der Waals surface area contributed by atoms with Gasteiger partial charge in [0.05, 0.1) is 6.26 Å². The Morgan fingerprint density at radius 1 is 1.26 bits per heavy atom. The first-order chi connectivity index (χ1) is 8.74. The summed E-state index contributed by atoms with van der Waals surface area (Å²) >= 11 is 0.675. The summed E-state index contributed by atoms with van der Waals surface area (Å²) in [5, 5.41) is 7.27. The quantitative estimate of drug-likeness (QED) is 0.456. The largest absolute Gasteiger partial charge is 0.479 e. The van der Waals surface area contributed by atoms with Gasteiger partial charge in [-0.3, -0.25) is 4.79 Å². The number of carboxylic acids is 1. The number of thioether (sulfide) groups is 1. The van der Waals surface area contributed by atoms with Crippen LogP contribution in [0.4, 0.5) is 4.39 Å². The van der Waals surface area contributed by atoms with E-state index < -0.39 is 27.3 Å². The minimum absolute atomic E-state index is 0.367. The lowest BCUT2D eigenvalue weighted by atomic mass is 10.2. The summed E-state index contributed by atoms with van der Waals surface area (Å²) in [6.45, 7) is 0.372. The third-order valence-corrected chi connectivity index (χ3v) is 3.82. The van der Waals surface area contributed by atoms with Gasteiger partial charge in [-0.25, -0.2) is 22.3 Å². The van der Waals surface area contributed by atoms with Crippen molar-refractivity contribution in [3.05, 3.63) is 0 Å². The predicted octanol–water partition coefficient (Wildman–Crippen LogP) is 0.778. The van der Waals surface area contributed by atoms with Crippen molar-refractivity contribution >= 4 is 32.9 Å². The minimum Gasteiger partial charge on any atom is -0.479 e. The molecule has 0 aliphatic heterocycles. The minimum atomic E-state index is -3.15. The van der Waals surface area contributed by atoms with Gasteiger partial charge in [0, 0.05) is 12.3 Å². The Kier molecular flexibility index (Phi) is 8.94. The molecule has 0 radical (unpaired) electrons. The standard InChI is InChI=1S/C10H18FNO5S2/c1-19(16,17)12-6-4-2-3-5-7-18-10(15)8(11)9(13)14/h8,12H,2-7H2,1H3,(H,13,14). The van der Waals surface area contributed by atoms with Crippen molar-refractivity contribution < 1.29 is 27.5 Å². The second-order valence-corrected chi connectivity index (χ2v) is 6.88. The molecule has 0 aromatic heterocycles. The summed E-state index contributed by atoms with van der Waals surface area (Å²) in [5.74, 6) is -1.39. The maximum absolute atomic E-state index is 12.7. The van der Waals surface area contributed by atoms with Gasteiger partial charge >= 0.3 is 5.97 Å². The molecule has 6 nitrogen and oxygen atoms in total. The third kappa shape index (κ3) is 10.9. The number of carbonyl (C=O) groups excluding carboxylic acids is 1. The van der Waals surface area contributed by atoms with Crippen LogP contribution < -0.4 is 4.72 Å². The van der Waals surface area contributed by atoms with Crippen molar-refractivity contribution in [1.82, 2.24) is 4.72 Å². The van der Waals surface area contributed by atoms with Crippen molar-refractivity contribution in [2.24, 2.45) is 0 Å². The molecule has 0 aliphatic carbocycles. The van der Waals surface area contributed by atoms with Gasteiger partial charge in [-0.1, -0.05) is 24.6 Å². The van der Waals surface area contributed by atoms with E-state index in [1.54, 1.807) is 0 Å². The molecule has 0 saturated carbocycles. The second-order valence-electron chi connectivity index (χ2n) is 3.95. The number of halogens is 1. The van der Waals surface area contributed by atoms with E-state index in [2.05, 4.69) is 4.72 Å². The number of alkyl halides is 1. The van der Waals surface area contributed by atoms with E-state index in [1.165, 1.54) is 0 Å². The van der Waals surface area contributed by atoms with Crippen LogP contribution in [0.3, 0.4) is 0 Å². The number of aliphatic carboxylic acids is 1. The van der Waals surface area contributed by atoms with Gasteiger partial charge in [-0.15, -0.1) is 0 Å². The Morgan fingerprint density at radius 3 is 2.37 bits per heavy atom. The molecule has 0 spiro atoms. The molecule has 112 valence electrons. The number of rotatable bonds is 10. The fourth-order valence-electron chi connectivity index (χ4n) is 1.18. The lowest BCUT2D eigenvalue weighted by Crippen LogP contribution is -2.23. The summed E-state index contributed by atoms with van der Waals surface area (Å²) in [6, 6.07) is 0. The molecule has 1 unspecified atom stereocenters. The zero-order valence-electron chi connectivity index (χ0n) is 10.6. The van der Waals surface area contributed by atoms with Crippen molar-refractivity contribution in [3.63, 3.8) is 0 Å². The summed E-state index contributed by atoms with van der Waals surface area (Å²) < 4.78 is 36.5. The van der Waals surface area contributed by atoms with Crippen molar-refractivity contribution in [1.29, 1.82) is 0 Å². The summed E-state index contributed by atoms with van der Waals surface area (Å²) in [4.78, 5) is 21.1. The first-order valence-corrected chi connectivity index (χ1v) is 8.60. The molecule has 0 aromatic rings. The van der Waals surface area contributed by atoms with Crippen LogP contribution in [0, 0.1) is 0 Å². The lowest BCUT2D eigenvalue weighted by molar-refractivity contribution is -0.145. The molecule has 1 atom stereocenters. The van der Waals surface area contributed by atoms with Crippen molar-refractivity contribution in [2.45, 2.75) is 31.9 Å². The number of carbonyl (C=O) groups is 2. The zero-order chi connectivity index (χ0) is 14.9. The van der Waals surface area contributed by atoms with Crippen LogP contribution in [-0.4, -0.2) is 49.3 Å². The highest BCUT2D eigenvalue weighted by Gasteiger charge is 2.25. The molecule has 0 rings (SSSR count). The number of hydrogen-bond donors (Lipinski definition) is 2. The average molecular weight is 315 g/mol. The molecule has 0 aromatic carbocycles. The van der Waals surface area contributed by atoms with Crippen LogP contribution in [-0.2, 0) is 19.6 Å². The van der Waals surface area contributed by atoms with Gasteiger partial charge in [-0.05, 0) is 12.8 Å². The SMILES string of the molecule is CS(=O)(=O)NCCCCCCSC(=O)C(F)C(=O)O. The molecule has 2 N–H and O–H groups in total. The van der Waals surface area contributed by atoms with Gasteiger partial charge in [0.15, 0.2) is 0 Å². The zero-order valence-corrected chi connectivity index (χ0v) is 12.2. The molecule has 0 amide bonds. The fraction of sp³-hybridized carbons (Fsp3) is 0.800. The second kappa shape index (κ2) is 9.27. The molecule has 9 heteroatoms. The van der Waals surface area contributed by atoms with Gasteiger partial charge in [0.25, 0.3) is 6.17 Å². The summed E-state index contributed by atoms with van der Waals surface area (Å²) in [7, 11) is -3.15. The van der Waals surface area contributed by atoms with Crippen LogP contribution >= 0.6 is 11.8 Å². The maximum atomic E-state index is 12.7. The van der Waals surface area contributed by atoms with E-state index >= 15 is 0 Å². The Morgan fingerprint density at radius 2 is 1.84 bits per heavy atom. The van der Waals surface area contributed by atoms with Crippen LogP contribution in [0.25, 0.3) is 0 Å². The highest BCUT2D eigenvalue weighted by molar-refractivity contribution is 8.13. The molecule has 19 heavy (non-hydrogen) atoms. The van der Waals surface area contributed by atoms with Crippen LogP contribution in [0.1, 0.15) is 25.7 Å². The van der Waals surface area contributed by atoms with Crippen LogP contribution in [0.15, 0.2) is 0 Å². The topological polar surface area (TPSA) is 101 Å². The average Bonchev–Trinajstić information content (AvgIpc) is 2.29. The molecule has 0 aliphatic rings. The van der Waals surface area contributed by atoms with Gasteiger partial charge < -0.3 is 5.11 Å². The molecular formula is C10H18FNO5S2. The molecule has 0 saturated heterocycles. The van der Waals surface area contributed by atoms with E-state index in [9.17, 15) is 22.4 Å². The summed E-state index contributed by atoms with van der Waals surface area (Å²) in [5.41, 5.74) is 0. The van der Waals surface area contributed by atoms with Gasteiger partial charge in [-0.2, -0.15) is 0 Å². The number of hydrogen-bond acceptors (Lipinski definition) is 5. The number of sulfonamides is 1.